The van der Waals surface area contributed by atoms with E-state index >= 15 is 0 Å². The first kappa shape index (κ1) is 18.8. The molecule has 0 unspecified atom stereocenters. The average molecular weight is 425 g/mol. The van der Waals surface area contributed by atoms with Gasteiger partial charge in [-0.1, -0.05) is 0 Å². The number of aromatic nitrogens is 3. The molecular weight excluding hydrogens is 400 g/mol. The van der Waals surface area contributed by atoms with Gasteiger partial charge in [-0.2, -0.15) is 5.10 Å². The van der Waals surface area contributed by atoms with Gasteiger partial charge in [-0.15, -0.1) is 0 Å². The molecule has 9 heteroatoms. The van der Waals surface area contributed by atoms with Crippen LogP contribution in [0.25, 0.3) is 5.52 Å². The van der Waals surface area contributed by atoms with Crippen LogP contribution >= 0.6 is 15.9 Å². The number of anilines is 2. The van der Waals surface area contributed by atoms with Gasteiger partial charge in [0.15, 0.2) is 5.82 Å². The van der Waals surface area contributed by atoms with E-state index in [1.165, 1.54) is 6.33 Å². The third-order valence-electron chi connectivity index (χ3n) is 4.37. The standard InChI is InChI=1S/C17H25BrN6O2/c1-17(2,3)26-16(25)23-11-5-4-10(6-11)8-20-13-7-12(18)14-15(19)21-9-22-24(13)14/h7,9-11,20H,4-6,8H2,1-3H3,(H,23,25)(H2,19,21,22)/t10-,11+/m0/s1. The molecule has 2 atom stereocenters. The lowest BCUT2D eigenvalue weighted by molar-refractivity contribution is 0.0505. The van der Waals surface area contributed by atoms with E-state index in [0.29, 0.717) is 11.7 Å². The maximum absolute atomic E-state index is 11.9. The number of fused-ring (bicyclic) bond motifs is 1. The summed E-state index contributed by atoms with van der Waals surface area (Å²) in [5.41, 5.74) is 6.20. The van der Waals surface area contributed by atoms with Crippen molar-refractivity contribution in [1.29, 1.82) is 0 Å². The zero-order valence-corrected chi connectivity index (χ0v) is 16.8. The first-order valence-electron chi connectivity index (χ1n) is 8.74. The van der Waals surface area contributed by atoms with Gasteiger partial charge in [0.25, 0.3) is 0 Å². The summed E-state index contributed by atoms with van der Waals surface area (Å²) in [6.45, 7) is 6.40. The van der Waals surface area contributed by atoms with E-state index in [2.05, 4.69) is 36.6 Å². The second kappa shape index (κ2) is 7.30. The van der Waals surface area contributed by atoms with Crippen LogP contribution in [0.5, 0.6) is 0 Å². The number of ether oxygens (including phenoxy) is 1. The summed E-state index contributed by atoms with van der Waals surface area (Å²) in [6.07, 6.45) is 4.03. The lowest BCUT2D eigenvalue weighted by Gasteiger charge is -2.21. The molecule has 0 aliphatic heterocycles. The summed E-state index contributed by atoms with van der Waals surface area (Å²) < 4.78 is 7.93. The highest BCUT2D eigenvalue weighted by atomic mass is 79.9. The highest BCUT2D eigenvalue weighted by molar-refractivity contribution is 9.10. The van der Waals surface area contributed by atoms with Crippen LogP contribution in [-0.2, 0) is 4.74 Å². The van der Waals surface area contributed by atoms with Gasteiger partial charge in [-0.3, -0.25) is 0 Å². The number of alkyl carbamates (subject to hydrolysis) is 1. The normalized spacial score (nSPS) is 20.3. The number of carbonyl (C=O) groups excluding carboxylic acids is 1. The van der Waals surface area contributed by atoms with Crippen molar-refractivity contribution >= 4 is 39.2 Å². The van der Waals surface area contributed by atoms with E-state index in [1.54, 1.807) is 4.52 Å². The van der Waals surface area contributed by atoms with Crippen molar-refractivity contribution in [3.05, 3.63) is 16.9 Å². The Kier molecular flexibility index (Phi) is 5.27. The summed E-state index contributed by atoms with van der Waals surface area (Å²) in [5.74, 6) is 1.77. The second-order valence-corrected chi connectivity index (χ2v) is 8.54. The van der Waals surface area contributed by atoms with Crippen LogP contribution in [0.4, 0.5) is 16.4 Å². The lowest BCUT2D eigenvalue weighted by atomic mass is 10.1. The summed E-state index contributed by atoms with van der Waals surface area (Å²) in [7, 11) is 0. The molecule has 142 valence electrons. The fourth-order valence-electron chi connectivity index (χ4n) is 3.26. The van der Waals surface area contributed by atoms with Gasteiger partial charge >= 0.3 is 6.09 Å². The topological polar surface area (TPSA) is 107 Å². The Hall–Kier alpha value is -2.03. The van der Waals surface area contributed by atoms with Gasteiger partial charge in [-0.25, -0.2) is 14.3 Å². The number of nitrogens with two attached hydrogens (primary N) is 1. The van der Waals surface area contributed by atoms with E-state index in [1.807, 2.05) is 26.8 Å². The third kappa shape index (κ3) is 4.38. The molecule has 0 spiro atoms. The monoisotopic (exact) mass is 424 g/mol. The predicted octanol–water partition coefficient (Wildman–Crippen LogP) is 3.18. The Balaban J connectivity index is 1.54. The lowest BCUT2D eigenvalue weighted by Crippen LogP contribution is -2.38. The third-order valence-corrected chi connectivity index (χ3v) is 4.97. The van der Waals surface area contributed by atoms with Crippen LogP contribution < -0.4 is 16.4 Å². The summed E-state index contributed by atoms with van der Waals surface area (Å²) in [6, 6.07) is 2.11. The van der Waals surface area contributed by atoms with Crippen molar-refractivity contribution in [3.63, 3.8) is 0 Å². The molecule has 0 aromatic carbocycles. The number of halogens is 1. The number of rotatable bonds is 4. The average Bonchev–Trinajstić information content (AvgIpc) is 3.08. The van der Waals surface area contributed by atoms with Crippen molar-refractivity contribution in [3.8, 4) is 0 Å². The highest BCUT2D eigenvalue weighted by Gasteiger charge is 2.27. The molecule has 8 nitrogen and oxygen atoms in total. The molecule has 1 saturated carbocycles. The number of nitrogens with one attached hydrogen (secondary N) is 2. The molecule has 4 N–H and O–H groups in total. The van der Waals surface area contributed by atoms with Gasteiger partial charge in [-0.05, 0) is 67.9 Å². The molecule has 1 aliphatic carbocycles. The second-order valence-electron chi connectivity index (χ2n) is 7.69. The molecule has 3 rings (SSSR count). The Morgan fingerprint density at radius 1 is 1.46 bits per heavy atom. The zero-order valence-electron chi connectivity index (χ0n) is 15.3. The Bertz CT molecular complexity index is 800. The molecule has 0 radical (unpaired) electrons. The quantitative estimate of drug-likeness (QED) is 0.695. The number of amides is 1. The van der Waals surface area contributed by atoms with Crippen molar-refractivity contribution in [1.82, 2.24) is 19.9 Å². The summed E-state index contributed by atoms with van der Waals surface area (Å²) in [4.78, 5) is 15.9. The molecule has 1 aliphatic rings. The highest BCUT2D eigenvalue weighted by Crippen LogP contribution is 2.30. The fourth-order valence-corrected chi connectivity index (χ4v) is 3.85. The zero-order chi connectivity index (χ0) is 18.9. The summed E-state index contributed by atoms with van der Waals surface area (Å²) in [5, 5.41) is 10.7. The maximum Gasteiger partial charge on any atom is 0.407 e. The van der Waals surface area contributed by atoms with Gasteiger partial charge < -0.3 is 21.1 Å². The van der Waals surface area contributed by atoms with Crippen LogP contribution in [0.15, 0.2) is 16.9 Å². The predicted molar refractivity (Wildman–Crippen MR) is 104 cm³/mol. The molecule has 26 heavy (non-hydrogen) atoms. The minimum atomic E-state index is -0.475. The number of hydrogen-bond acceptors (Lipinski definition) is 6. The largest absolute Gasteiger partial charge is 0.444 e. The number of carbonyl (C=O) groups is 1. The van der Waals surface area contributed by atoms with E-state index < -0.39 is 5.60 Å². The maximum atomic E-state index is 11.9. The van der Waals surface area contributed by atoms with Crippen LogP contribution in [-0.4, -0.2) is 38.9 Å². The van der Waals surface area contributed by atoms with Gasteiger partial charge in [0.05, 0.1) is 4.47 Å². The van der Waals surface area contributed by atoms with Crippen LogP contribution in [0.2, 0.25) is 0 Å². The van der Waals surface area contributed by atoms with E-state index in [-0.39, 0.29) is 12.1 Å². The Labute approximate surface area is 161 Å². The van der Waals surface area contributed by atoms with E-state index in [0.717, 1.165) is 41.6 Å². The Morgan fingerprint density at radius 3 is 2.96 bits per heavy atom. The molecule has 2 aromatic rings. The minimum absolute atomic E-state index is 0.158. The minimum Gasteiger partial charge on any atom is -0.444 e. The summed E-state index contributed by atoms with van der Waals surface area (Å²) >= 11 is 3.50. The number of hydrogen-bond donors (Lipinski definition) is 3. The molecule has 0 bridgehead atoms. The molecule has 0 saturated heterocycles. The van der Waals surface area contributed by atoms with Gasteiger partial charge in [0, 0.05) is 12.6 Å². The number of nitrogen functional groups attached to an aromatic ring is 1. The smallest absolute Gasteiger partial charge is 0.407 e. The van der Waals surface area contributed by atoms with E-state index in [9.17, 15) is 4.79 Å². The van der Waals surface area contributed by atoms with Gasteiger partial charge in [0.2, 0.25) is 0 Å². The first-order valence-corrected chi connectivity index (χ1v) is 9.53. The first-order chi connectivity index (χ1) is 12.2. The van der Waals surface area contributed by atoms with Crippen molar-refractivity contribution in [2.75, 3.05) is 17.6 Å². The Morgan fingerprint density at radius 2 is 2.23 bits per heavy atom. The van der Waals surface area contributed by atoms with Crippen LogP contribution in [0, 0.1) is 5.92 Å². The van der Waals surface area contributed by atoms with Crippen molar-refractivity contribution in [2.24, 2.45) is 5.92 Å². The molecule has 1 fully saturated rings. The molecule has 2 aromatic heterocycles. The number of nitrogens with zero attached hydrogens (tertiary/aromatic N) is 3. The fraction of sp³-hybridized carbons (Fsp3) is 0.588. The molecule has 2 heterocycles. The SMILES string of the molecule is CC(C)(C)OC(=O)N[C@@H]1CC[C@H](CNc2cc(Br)c3c(N)ncnn23)C1. The molecular formula is C17H25BrN6O2. The van der Waals surface area contributed by atoms with Crippen molar-refractivity contribution in [2.45, 2.75) is 51.7 Å². The van der Waals surface area contributed by atoms with Crippen LogP contribution in [0.1, 0.15) is 40.0 Å². The van der Waals surface area contributed by atoms with Crippen molar-refractivity contribution < 1.29 is 9.53 Å². The van der Waals surface area contributed by atoms with Crippen LogP contribution in [0.3, 0.4) is 0 Å². The molecule has 1 amide bonds. The van der Waals surface area contributed by atoms with E-state index in [4.69, 9.17) is 10.5 Å². The van der Waals surface area contributed by atoms with Gasteiger partial charge in [0.1, 0.15) is 23.3 Å².